The predicted octanol–water partition coefficient (Wildman–Crippen LogP) is 3.34. The van der Waals surface area contributed by atoms with Gasteiger partial charge in [-0.3, -0.25) is 14.5 Å². The molecule has 1 aromatic carbocycles. The Kier molecular flexibility index (Phi) is 3.50. The van der Waals surface area contributed by atoms with Crippen molar-refractivity contribution in [2.24, 2.45) is 0 Å². The van der Waals surface area contributed by atoms with Crippen molar-refractivity contribution >= 4 is 27.8 Å². The summed E-state index contributed by atoms with van der Waals surface area (Å²) in [5.41, 5.74) is 9.57. The van der Waals surface area contributed by atoms with Crippen LogP contribution in [0, 0.1) is 6.92 Å². The highest BCUT2D eigenvalue weighted by molar-refractivity contribution is 5.91. The molecular weight excluding hydrogens is 340 g/mol. The van der Waals surface area contributed by atoms with Gasteiger partial charge in [-0.1, -0.05) is 12.8 Å². The minimum absolute atomic E-state index is 0.0127. The fourth-order valence-electron chi connectivity index (χ4n) is 4.18. The number of nitrogens with zero attached hydrogens (tertiary/aromatic N) is 4. The monoisotopic (exact) mass is 360 g/mol. The molecule has 3 aromatic heterocycles. The van der Waals surface area contributed by atoms with Crippen LogP contribution >= 0.6 is 0 Å². The van der Waals surface area contributed by atoms with Crippen LogP contribution in [0.5, 0.6) is 0 Å². The van der Waals surface area contributed by atoms with Crippen molar-refractivity contribution in [1.29, 1.82) is 0 Å². The number of aromatic nitrogens is 5. The van der Waals surface area contributed by atoms with Crippen molar-refractivity contribution in [3.05, 3.63) is 46.4 Å². The lowest BCUT2D eigenvalue weighted by molar-refractivity contribution is 0.515. The quantitative estimate of drug-likeness (QED) is 0.571. The number of fused-ring (bicyclic) bond motifs is 2. The number of nitrogens with two attached hydrogens (primary N) is 1. The Labute approximate surface area is 155 Å². The van der Waals surface area contributed by atoms with Crippen LogP contribution in [0.25, 0.3) is 33.3 Å². The SMILES string of the molecule is Cc1cc(=O)n(C2CCCC2)c2nc(-c3ccc4[nH]ncc4c3)nc(N)c12. The molecule has 4 aromatic rings. The zero-order valence-electron chi connectivity index (χ0n) is 15.1. The molecule has 7 nitrogen and oxygen atoms in total. The molecule has 7 heteroatoms. The number of nitrogen functional groups attached to an aromatic ring is 1. The molecule has 0 atom stereocenters. The van der Waals surface area contributed by atoms with Gasteiger partial charge in [-0.15, -0.1) is 0 Å². The van der Waals surface area contributed by atoms with Crippen LogP contribution in [0.1, 0.15) is 37.3 Å². The van der Waals surface area contributed by atoms with Crippen LogP contribution in [0.4, 0.5) is 5.82 Å². The molecule has 0 saturated heterocycles. The number of rotatable bonds is 2. The number of H-pyrrole nitrogens is 1. The Morgan fingerprint density at radius 1 is 1.19 bits per heavy atom. The third-order valence-electron chi connectivity index (χ3n) is 5.51. The Morgan fingerprint density at radius 2 is 2.00 bits per heavy atom. The van der Waals surface area contributed by atoms with E-state index >= 15 is 0 Å². The second-order valence-corrected chi connectivity index (χ2v) is 7.28. The molecular formula is C20H20N6O. The Hall–Kier alpha value is -3.22. The molecule has 0 aliphatic heterocycles. The summed E-state index contributed by atoms with van der Waals surface area (Å²) < 4.78 is 1.83. The van der Waals surface area contributed by atoms with Crippen molar-refractivity contribution in [1.82, 2.24) is 24.7 Å². The molecule has 0 radical (unpaired) electrons. The Balaban J connectivity index is 1.79. The lowest BCUT2D eigenvalue weighted by atomic mass is 10.1. The summed E-state index contributed by atoms with van der Waals surface area (Å²) in [5, 5.41) is 8.75. The highest BCUT2D eigenvalue weighted by atomic mass is 16.1. The minimum Gasteiger partial charge on any atom is -0.383 e. The summed E-state index contributed by atoms with van der Waals surface area (Å²) in [6, 6.07) is 7.70. The Bertz CT molecular complexity index is 1230. The molecule has 3 N–H and O–H groups in total. The largest absolute Gasteiger partial charge is 0.383 e. The van der Waals surface area contributed by atoms with Crippen molar-refractivity contribution in [2.75, 3.05) is 5.73 Å². The van der Waals surface area contributed by atoms with Gasteiger partial charge < -0.3 is 5.73 Å². The summed E-state index contributed by atoms with van der Waals surface area (Å²) in [6.45, 7) is 1.89. The molecule has 0 unspecified atom stereocenters. The summed E-state index contributed by atoms with van der Waals surface area (Å²) >= 11 is 0. The average Bonchev–Trinajstić information content (AvgIpc) is 3.32. The zero-order chi connectivity index (χ0) is 18.5. The highest BCUT2D eigenvalue weighted by Crippen LogP contribution is 2.33. The zero-order valence-corrected chi connectivity index (χ0v) is 15.1. The van der Waals surface area contributed by atoms with E-state index in [0.717, 1.165) is 53.1 Å². The highest BCUT2D eigenvalue weighted by Gasteiger charge is 2.23. The second-order valence-electron chi connectivity index (χ2n) is 7.28. The first kappa shape index (κ1) is 16.0. The molecule has 3 heterocycles. The van der Waals surface area contributed by atoms with Crippen LogP contribution in [0.15, 0.2) is 35.3 Å². The van der Waals surface area contributed by atoms with E-state index in [-0.39, 0.29) is 11.6 Å². The van der Waals surface area contributed by atoms with Gasteiger partial charge in [0.2, 0.25) is 0 Å². The van der Waals surface area contributed by atoms with Crippen molar-refractivity contribution < 1.29 is 0 Å². The van der Waals surface area contributed by atoms with Crippen LogP contribution < -0.4 is 11.3 Å². The molecule has 1 saturated carbocycles. The van der Waals surface area contributed by atoms with E-state index in [1.54, 1.807) is 12.3 Å². The number of aryl methyl sites for hydroxylation is 1. The number of aromatic amines is 1. The summed E-state index contributed by atoms with van der Waals surface area (Å²) in [4.78, 5) is 22.1. The van der Waals surface area contributed by atoms with Gasteiger partial charge in [-0.2, -0.15) is 5.10 Å². The summed E-state index contributed by atoms with van der Waals surface area (Å²) in [7, 11) is 0. The van der Waals surface area contributed by atoms with Crippen LogP contribution in [0.3, 0.4) is 0 Å². The molecule has 27 heavy (non-hydrogen) atoms. The molecule has 1 fully saturated rings. The molecule has 1 aliphatic carbocycles. The molecule has 1 aliphatic rings. The van der Waals surface area contributed by atoms with Gasteiger partial charge in [-0.05, 0) is 43.5 Å². The summed E-state index contributed by atoms with van der Waals surface area (Å²) in [5.74, 6) is 0.936. The van der Waals surface area contributed by atoms with Crippen LogP contribution in [-0.4, -0.2) is 24.7 Å². The lowest BCUT2D eigenvalue weighted by Gasteiger charge is -2.18. The van der Waals surface area contributed by atoms with E-state index in [4.69, 9.17) is 10.7 Å². The smallest absolute Gasteiger partial charge is 0.252 e. The standard InChI is InChI=1S/C20H20N6O/c1-11-8-16(27)26(14-4-2-3-5-14)20-17(11)18(21)23-19(24-20)12-6-7-15-13(9-12)10-22-25-15/h6-10,14H,2-5H2,1H3,(H,22,25)(H2,21,23,24). The number of hydrogen-bond donors (Lipinski definition) is 2. The third kappa shape index (κ3) is 2.50. The van der Waals surface area contributed by atoms with Gasteiger partial charge in [0, 0.05) is 23.1 Å². The van der Waals surface area contributed by atoms with Gasteiger partial charge in [0.15, 0.2) is 5.82 Å². The normalized spacial score (nSPS) is 15.1. The van der Waals surface area contributed by atoms with Gasteiger partial charge in [0.25, 0.3) is 5.56 Å². The minimum atomic E-state index is -0.0127. The maximum absolute atomic E-state index is 12.8. The first-order valence-electron chi connectivity index (χ1n) is 9.25. The number of anilines is 1. The first-order chi connectivity index (χ1) is 13.1. The number of hydrogen-bond acceptors (Lipinski definition) is 5. The first-order valence-corrected chi connectivity index (χ1v) is 9.25. The number of pyridine rings is 1. The van der Waals surface area contributed by atoms with E-state index in [1.807, 2.05) is 29.7 Å². The maximum atomic E-state index is 12.8. The van der Waals surface area contributed by atoms with Crippen molar-refractivity contribution in [3.63, 3.8) is 0 Å². The van der Waals surface area contributed by atoms with Crippen molar-refractivity contribution in [2.45, 2.75) is 38.6 Å². The third-order valence-corrected chi connectivity index (χ3v) is 5.51. The van der Waals surface area contributed by atoms with Gasteiger partial charge in [0.1, 0.15) is 11.5 Å². The average molecular weight is 360 g/mol. The molecule has 5 rings (SSSR count). The van der Waals surface area contributed by atoms with E-state index in [1.165, 1.54) is 0 Å². The van der Waals surface area contributed by atoms with Gasteiger partial charge in [-0.25, -0.2) is 9.97 Å². The fraction of sp³-hybridized carbons (Fsp3) is 0.300. The molecule has 0 spiro atoms. The fourth-order valence-corrected chi connectivity index (χ4v) is 4.18. The number of nitrogens with one attached hydrogen (secondary N) is 1. The lowest BCUT2D eigenvalue weighted by Crippen LogP contribution is -2.25. The molecule has 0 bridgehead atoms. The van der Waals surface area contributed by atoms with Crippen LogP contribution in [-0.2, 0) is 0 Å². The summed E-state index contributed by atoms with van der Waals surface area (Å²) in [6.07, 6.45) is 6.03. The van der Waals surface area contributed by atoms with E-state index in [2.05, 4.69) is 15.2 Å². The predicted molar refractivity (Wildman–Crippen MR) is 106 cm³/mol. The topological polar surface area (TPSA) is 102 Å². The van der Waals surface area contributed by atoms with E-state index in [0.29, 0.717) is 17.3 Å². The van der Waals surface area contributed by atoms with Gasteiger partial charge in [0.05, 0.1) is 17.1 Å². The Morgan fingerprint density at radius 3 is 2.81 bits per heavy atom. The molecule has 136 valence electrons. The maximum Gasteiger partial charge on any atom is 0.252 e. The van der Waals surface area contributed by atoms with Crippen LogP contribution in [0.2, 0.25) is 0 Å². The van der Waals surface area contributed by atoms with Gasteiger partial charge >= 0.3 is 0 Å². The second kappa shape index (κ2) is 5.90. The van der Waals surface area contributed by atoms with E-state index < -0.39 is 0 Å². The van der Waals surface area contributed by atoms with Crippen molar-refractivity contribution in [3.8, 4) is 11.4 Å². The molecule has 0 amide bonds. The van der Waals surface area contributed by atoms with E-state index in [9.17, 15) is 4.79 Å². The number of benzene rings is 1.